The molecular formula is C13H16. The summed E-state index contributed by atoms with van der Waals surface area (Å²) >= 11 is 0. The van der Waals surface area contributed by atoms with Gasteiger partial charge in [-0.2, -0.15) is 0 Å². The number of rotatable bonds is 2. The molecule has 1 rings (SSSR count). The zero-order chi connectivity index (χ0) is 9.84. The van der Waals surface area contributed by atoms with Crippen LogP contribution in [-0.4, -0.2) is 0 Å². The van der Waals surface area contributed by atoms with Gasteiger partial charge in [0.05, 0.1) is 0 Å². The zero-order valence-corrected chi connectivity index (χ0v) is 8.59. The molecule has 0 aromatic heterocycles. The summed E-state index contributed by atoms with van der Waals surface area (Å²) < 4.78 is 0. The summed E-state index contributed by atoms with van der Waals surface area (Å²) in [6.45, 7) is 10.1. The molecule has 68 valence electrons. The van der Waals surface area contributed by atoms with E-state index in [1.807, 2.05) is 13.8 Å². The first-order valence-corrected chi connectivity index (χ1v) is 4.54. The Labute approximate surface area is 80.6 Å². The van der Waals surface area contributed by atoms with E-state index in [-0.39, 0.29) is 0 Å². The van der Waals surface area contributed by atoms with Crippen LogP contribution in [0.1, 0.15) is 30.5 Å². The van der Waals surface area contributed by atoms with Crippen molar-refractivity contribution in [2.24, 2.45) is 0 Å². The average Bonchev–Trinajstić information content (AvgIpc) is 2.08. The lowest BCUT2D eigenvalue weighted by molar-refractivity contribution is 1.42. The molecule has 13 heavy (non-hydrogen) atoms. The Balaban J connectivity index is 3.18. The van der Waals surface area contributed by atoms with Gasteiger partial charge in [-0.25, -0.2) is 0 Å². The Kier molecular flexibility index (Phi) is 3.07. The highest BCUT2D eigenvalue weighted by atomic mass is 14.0. The summed E-state index contributed by atoms with van der Waals surface area (Å²) in [5.41, 5.74) is 4.93. The summed E-state index contributed by atoms with van der Waals surface area (Å²) in [6.07, 6.45) is 4.19. The molecule has 0 spiro atoms. The van der Waals surface area contributed by atoms with Gasteiger partial charge in [0.1, 0.15) is 0 Å². The molecule has 0 fully saturated rings. The second kappa shape index (κ2) is 4.08. The fourth-order valence-electron chi connectivity index (χ4n) is 1.27. The molecule has 0 nitrogen and oxygen atoms in total. The van der Waals surface area contributed by atoms with Crippen LogP contribution in [0.4, 0.5) is 0 Å². The van der Waals surface area contributed by atoms with Gasteiger partial charge >= 0.3 is 0 Å². The van der Waals surface area contributed by atoms with Crippen LogP contribution in [0.2, 0.25) is 0 Å². The standard InChI is InChI=1S/C13H16/c1-5-6-13-9-12(10(2)3)8-7-11(13)4/h5-9H,2H2,1,3-4H3/b6-5-. The maximum Gasteiger partial charge on any atom is -0.0225 e. The Hall–Kier alpha value is -1.30. The lowest BCUT2D eigenvalue weighted by Gasteiger charge is -2.04. The van der Waals surface area contributed by atoms with Crippen LogP contribution in [-0.2, 0) is 0 Å². The monoisotopic (exact) mass is 172 g/mol. The minimum atomic E-state index is 1.12. The Morgan fingerprint density at radius 3 is 2.62 bits per heavy atom. The van der Waals surface area contributed by atoms with E-state index in [9.17, 15) is 0 Å². The molecule has 0 N–H and O–H groups in total. The molecule has 0 heterocycles. The predicted molar refractivity (Wildman–Crippen MR) is 60.6 cm³/mol. The molecule has 0 atom stereocenters. The van der Waals surface area contributed by atoms with Crippen LogP contribution >= 0.6 is 0 Å². The fraction of sp³-hybridized carbons (Fsp3) is 0.231. The second-order valence-electron chi connectivity index (χ2n) is 3.35. The highest BCUT2D eigenvalue weighted by Gasteiger charge is 1.97. The summed E-state index contributed by atoms with van der Waals surface area (Å²) in [4.78, 5) is 0. The van der Waals surface area contributed by atoms with Gasteiger partial charge in [0.15, 0.2) is 0 Å². The molecule has 0 heteroatoms. The van der Waals surface area contributed by atoms with Crippen molar-refractivity contribution < 1.29 is 0 Å². The van der Waals surface area contributed by atoms with E-state index in [1.165, 1.54) is 16.7 Å². The minimum absolute atomic E-state index is 1.12. The largest absolute Gasteiger partial charge is 0.0955 e. The molecule has 1 aromatic carbocycles. The molecule has 0 bridgehead atoms. The van der Waals surface area contributed by atoms with Crippen molar-refractivity contribution in [3.63, 3.8) is 0 Å². The van der Waals surface area contributed by atoms with E-state index in [2.05, 4.69) is 43.9 Å². The summed E-state index contributed by atoms with van der Waals surface area (Å²) in [5.74, 6) is 0. The van der Waals surface area contributed by atoms with Crippen molar-refractivity contribution in [1.29, 1.82) is 0 Å². The SMILES string of the molecule is C=C(C)c1ccc(C)c(/C=C\C)c1. The average molecular weight is 172 g/mol. The van der Waals surface area contributed by atoms with Crippen LogP contribution in [0.25, 0.3) is 11.6 Å². The predicted octanol–water partition coefficient (Wildman–Crippen LogP) is 4.06. The van der Waals surface area contributed by atoms with Gasteiger partial charge in [0, 0.05) is 0 Å². The number of hydrogen-bond acceptors (Lipinski definition) is 0. The van der Waals surface area contributed by atoms with Crippen LogP contribution in [0, 0.1) is 6.92 Å². The highest BCUT2D eigenvalue weighted by molar-refractivity contribution is 5.66. The lowest BCUT2D eigenvalue weighted by Crippen LogP contribution is -1.84. The molecule has 0 unspecified atom stereocenters. The fourth-order valence-corrected chi connectivity index (χ4v) is 1.27. The van der Waals surface area contributed by atoms with E-state index in [4.69, 9.17) is 0 Å². The first kappa shape index (κ1) is 9.79. The van der Waals surface area contributed by atoms with Gasteiger partial charge in [-0.05, 0) is 43.5 Å². The van der Waals surface area contributed by atoms with Crippen molar-refractivity contribution in [3.8, 4) is 0 Å². The third-order valence-electron chi connectivity index (χ3n) is 2.12. The van der Waals surface area contributed by atoms with Gasteiger partial charge in [-0.15, -0.1) is 0 Å². The van der Waals surface area contributed by atoms with Crippen molar-refractivity contribution in [2.75, 3.05) is 0 Å². The molecule has 0 saturated carbocycles. The minimum Gasteiger partial charge on any atom is -0.0955 e. The smallest absolute Gasteiger partial charge is 0.0225 e. The van der Waals surface area contributed by atoms with Gasteiger partial charge in [-0.3, -0.25) is 0 Å². The molecular weight excluding hydrogens is 156 g/mol. The molecule has 0 amide bonds. The van der Waals surface area contributed by atoms with E-state index < -0.39 is 0 Å². The maximum absolute atomic E-state index is 3.93. The van der Waals surface area contributed by atoms with Gasteiger partial charge < -0.3 is 0 Å². The quantitative estimate of drug-likeness (QED) is 0.631. The first-order valence-electron chi connectivity index (χ1n) is 4.54. The normalized spacial score (nSPS) is 10.7. The van der Waals surface area contributed by atoms with E-state index >= 15 is 0 Å². The van der Waals surface area contributed by atoms with Crippen LogP contribution in [0.15, 0.2) is 30.9 Å². The number of hydrogen-bond donors (Lipinski definition) is 0. The van der Waals surface area contributed by atoms with Crippen LogP contribution < -0.4 is 0 Å². The first-order chi connectivity index (χ1) is 6.15. The molecule has 0 aliphatic carbocycles. The third kappa shape index (κ3) is 2.32. The van der Waals surface area contributed by atoms with Crippen molar-refractivity contribution in [3.05, 3.63) is 47.5 Å². The highest BCUT2D eigenvalue weighted by Crippen LogP contribution is 2.17. The Bertz CT molecular complexity index is 343. The topological polar surface area (TPSA) is 0 Å². The zero-order valence-electron chi connectivity index (χ0n) is 8.59. The molecule has 0 aliphatic rings. The lowest BCUT2D eigenvalue weighted by atomic mass is 10.0. The van der Waals surface area contributed by atoms with E-state index in [0.717, 1.165) is 5.57 Å². The van der Waals surface area contributed by atoms with Crippen molar-refractivity contribution >= 4 is 11.6 Å². The molecule has 1 aromatic rings. The van der Waals surface area contributed by atoms with Gasteiger partial charge in [0.25, 0.3) is 0 Å². The van der Waals surface area contributed by atoms with E-state index in [1.54, 1.807) is 0 Å². The second-order valence-corrected chi connectivity index (χ2v) is 3.35. The van der Waals surface area contributed by atoms with Gasteiger partial charge in [0.2, 0.25) is 0 Å². The third-order valence-corrected chi connectivity index (χ3v) is 2.12. The number of aryl methyl sites for hydroxylation is 1. The Morgan fingerprint density at radius 1 is 1.38 bits per heavy atom. The Morgan fingerprint density at radius 2 is 2.08 bits per heavy atom. The van der Waals surface area contributed by atoms with E-state index in [0.29, 0.717) is 0 Å². The van der Waals surface area contributed by atoms with Crippen LogP contribution in [0.5, 0.6) is 0 Å². The van der Waals surface area contributed by atoms with Crippen molar-refractivity contribution in [2.45, 2.75) is 20.8 Å². The van der Waals surface area contributed by atoms with Crippen LogP contribution in [0.3, 0.4) is 0 Å². The van der Waals surface area contributed by atoms with Crippen molar-refractivity contribution in [1.82, 2.24) is 0 Å². The number of benzene rings is 1. The maximum atomic E-state index is 3.93. The molecule has 0 saturated heterocycles. The molecule has 0 aliphatic heterocycles. The molecule has 0 radical (unpaired) electrons. The number of allylic oxidation sites excluding steroid dienone is 2. The van der Waals surface area contributed by atoms with Gasteiger partial charge in [-0.1, -0.05) is 36.4 Å². The summed E-state index contributed by atoms with van der Waals surface area (Å²) in [5, 5.41) is 0. The summed E-state index contributed by atoms with van der Waals surface area (Å²) in [6, 6.07) is 6.43. The summed E-state index contributed by atoms with van der Waals surface area (Å²) in [7, 11) is 0.